The van der Waals surface area contributed by atoms with Crippen molar-refractivity contribution in [3.8, 4) is 0 Å². The van der Waals surface area contributed by atoms with Crippen LogP contribution in [-0.2, 0) is 4.74 Å². The van der Waals surface area contributed by atoms with Crippen LogP contribution in [0.25, 0.3) is 0 Å². The molecule has 0 saturated heterocycles. The summed E-state index contributed by atoms with van der Waals surface area (Å²) >= 11 is 0. The van der Waals surface area contributed by atoms with Crippen molar-refractivity contribution in [3.05, 3.63) is 12.3 Å². The lowest BCUT2D eigenvalue weighted by Gasteiger charge is -2.11. The van der Waals surface area contributed by atoms with Gasteiger partial charge in [-0.15, -0.1) is 0 Å². The molecule has 5 heteroatoms. The Hall–Kier alpha value is -1.36. The lowest BCUT2D eigenvalue weighted by molar-refractivity contribution is 0.164. The van der Waals surface area contributed by atoms with Gasteiger partial charge in [-0.3, -0.25) is 0 Å². The van der Waals surface area contributed by atoms with E-state index in [1.165, 1.54) is 0 Å². The number of nitrogen functional groups attached to an aromatic ring is 1. The highest BCUT2D eigenvalue weighted by atomic mass is 16.5. The van der Waals surface area contributed by atoms with Crippen LogP contribution in [0, 0.1) is 5.92 Å². The maximum Gasteiger partial charge on any atom is 0.224 e. The molecule has 14 heavy (non-hydrogen) atoms. The number of hydrogen-bond donors (Lipinski definition) is 2. The van der Waals surface area contributed by atoms with Gasteiger partial charge in [0.25, 0.3) is 0 Å². The second-order valence-corrected chi connectivity index (χ2v) is 3.25. The minimum absolute atomic E-state index is 0.421. The van der Waals surface area contributed by atoms with Crippen molar-refractivity contribution in [2.24, 2.45) is 5.92 Å². The topological polar surface area (TPSA) is 73.1 Å². The predicted octanol–water partition coefficient (Wildman–Crippen LogP) is 0.753. The van der Waals surface area contributed by atoms with Gasteiger partial charge in [0.1, 0.15) is 5.82 Å². The van der Waals surface area contributed by atoms with E-state index in [9.17, 15) is 0 Å². The summed E-state index contributed by atoms with van der Waals surface area (Å²) in [7, 11) is 1.69. The number of hydrogen-bond acceptors (Lipinski definition) is 5. The van der Waals surface area contributed by atoms with Crippen LogP contribution < -0.4 is 11.1 Å². The lowest BCUT2D eigenvalue weighted by atomic mass is 10.2. The predicted molar refractivity (Wildman–Crippen MR) is 56.0 cm³/mol. The second kappa shape index (κ2) is 5.39. The Morgan fingerprint density at radius 3 is 3.07 bits per heavy atom. The zero-order chi connectivity index (χ0) is 10.4. The molecule has 5 nitrogen and oxygen atoms in total. The Labute approximate surface area is 83.7 Å². The third-order valence-electron chi connectivity index (χ3n) is 1.74. The highest BCUT2D eigenvalue weighted by Crippen LogP contribution is 2.02. The molecule has 1 rings (SSSR count). The summed E-state index contributed by atoms with van der Waals surface area (Å²) in [6.07, 6.45) is 1.63. The largest absolute Gasteiger partial charge is 0.384 e. The van der Waals surface area contributed by atoms with Gasteiger partial charge in [-0.05, 0) is 12.0 Å². The molecule has 1 heterocycles. The van der Waals surface area contributed by atoms with Crippen molar-refractivity contribution in [2.75, 3.05) is 31.3 Å². The molecule has 3 N–H and O–H groups in total. The molecule has 0 aliphatic carbocycles. The van der Waals surface area contributed by atoms with Gasteiger partial charge in [-0.1, -0.05) is 6.92 Å². The van der Waals surface area contributed by atoms with Crippen LogP contribution in [0.2, 0.25) is 0 Å². The maximum absolute atomic E-state index is 5.51. The van der Waals surface area contributed by atoms with Gasteiger partial charge >= 0.3 is 0 Å². The number of rotatable bonds is 5. The third-order valence-corrected chi connectivity index (χ3v) is 1.74. The van der Waals surface area contributed by atoms with Gasteiger partial charge in [0.2, 0.25) is 5.95 Å². The third kappa shape index (κ3) is 3.57. The van der Waals surface area contributed by atoms with E-state index in [-0.39, 0.29) is 0 Å². The van der Waals surface area contributed by atoms with E-state index in [0.29, 0.717) is 17.7 Å². The van der Waals surface area contributed by atoms with Crippen LogP contribution in [0.4, 0.5) is 11.8 Å². The summed E-state index contributed by atoms with van der Waals surface area (Å²) < 4.78 is 5.01. The fourth-order valence-electron chi connectivity index (χ4n) is 1.07. The normalized spacial score (nSPS) is 12.4. The molecule has 0 amide bonds. The van der Waals surface area contributed by atoms with E-state index < -0.39 is 0 Å². The van der Waals surface area contributed by atoms with Gasteiger partial charge in [0.05, 0.1) is 6.61 Å². The Morgan fingerprint density at radius 2 is 2.43 bits per heavy atom. The van der Waals surface area contributed by atoms with E-state index in [1.54, 1.807) is 19.4 Å². The minimum Gasteiger partial charge on any atom is -0.384 e. The number of anilines is 2. The Morgan fingerprint density at radius 1 is 1.64 bits per heavy atom. The number of nitrogens with zero attached hydrogens (tertiary/aromatic N) is 2. The monoisotopic (exact) mass is 196 g/mol. The van der Waals surface area contributed by atoms with E-state index in [4.69, 9.17) is 10.5 Å². The number of ether oxygens (including phenoxy) is 1. The average molecular weight is 196 g/mol. The van der Waals surface area contributed by atoms with Gasteiger partial charge in [0, 0.05) is 19.9 Å². The van der Waals surface area contributed by atoms with Crippen molar-refractivity contribution in [1.82, 2.24) is 9.97 Å². The molecule has 1 atom stereocenters. The summed E-state index contributed by atoms with van der Waals surface area (Å²) in [6.45, 7) is 3.58. The fraction of sp³-hybridized carbons (Fsp3) is 0.556. The van der Waals surface area contributed by atoms with Crippen LogP contribution in [0.15, 0.2) is 12.3 Å². The first kappa shape index (κ1) is 10.7. The number of aromatic nitrogens is 2. The van der Waals surface area contributed by atoms with Crippen molar-refractivity contribution in [3.63, 3.8) is 0 Å². The highest BCUT2D eigenvalue weighted by molar-refractivity contribution is 5.34. The van der Waals surface area contributed by atoms with E-state index in [1.807, 2.05) is 0 Å². The van der Waals surface area contributed by atoms with Crippen LogP contribution in [0.3, 0.4) is 0 Å². The van der Waals surface area contributed by atoms with E-state index in [2.05, 4.69) is 22.2 Å². The second-order valence-electron chi connectivity index (χ2n) is 3.25. The Kier molecular flexibility index (Phi) is 4.12. The van der Waals surface area contributed by atoms with Crippen molar-refractivity contribution in [1.29, 1.82) is 0 Å². The molecular weight excluding hydrogens is 180 g/mol. The smallest absolute Gasteiger partial charge is 0.224 e. The Balaban J connectivity index is 2.37. The summed E-state index contributed by atoms with van der Waals surface area (Å²) in [5.74, 6) is 1.46. The molecular formula is C9H16N4O. The first-order valence-corrected chi connectivity index (χ1v) is 4.53. The average Bonchev–Trinajstić information content (AvgIpc) is 2.15. The summed E-state index contributed by atoms with van der Waals surface area (Å²) in [6, 6.07) is 1.66. The first-order chi connectivity index (χ1) is 6.72. The number of nitrogens with two attached hydrogens (primary N) is 1. The van der Waals surface area contributed by atoms with Crippen LogP contribution in [-0.4, -0.2) is 30.2 Å². The van der Waals surface area contributed by atoms with E-state index in [0.717, 1.165) is 13.2 Å². The zero-order valence-corrected chi connectivity index (χ0v) is 8.53. The molecule has 0 spiro atoms. The molecule has 78 valence electrons. The van der Waals surface area contributed by atoms with Gasteiger partial charge in [-0.2, -0.15) is 4.98 Å². The SMILES string of the molecule is COCC(C)CNc1nccc(N)n1. The van der Waals surface area contributed by atoms with Crippen molar-refractivity contribution >= 4 is 11.8 Å². The minimum atomic E-state index is 0.421. The number of nitrogens with one attached hydrogen (secondary N) is 1. The van der Waals surface area contributed by atoms with Crippen molar-refractivity contribution < 1.29 is 4.74 Å². The Bertz CT molecular complexity index is 279. The fourth-order valence-corrected chi connectivity index (χ4v) is 1.07. The number of methoxy groups -OCH3 is 1. The quantitative estimate of drug-likeness (QED) is 0.727. The molecule has 0 saturated carbocycles. The molecule has 0 bridgehead atoms. The lowest BCUT2D eigenvalue weighted by Crippen LogP contribution is -2.17. The first-order valence-electron chi connectivity index (χ1n) is 4.53. The zero-order valence-electron chi connectivity index (χ0n) is 8.53. The molecule has 0 aromatic carbocycles. The highest BCUT2D eigenvalue weighted by Gasteiger charge is 2.02. The standard InChI is InChI=1S/C9H16N4O/c1-7(6-14-2)5-12-9-11-4-3-8(10)13-9/h3-4,7H,5-6H2,1-2H3,(H3,10,11,12,13). The molecule has 1 aromatic heterocycles. The van der Waals surface area contributed by atoms with Gasteiger partial charge in [-0.25, -0.2) is 4.98 Å². The van der Waals surface area contributed by atoms with Crippen molar-refractivity contribution in [2.45, 2.75) is 6.92 Å². The van der Waals surface area contributed by atoms with Gasteiger partial charge in [0.15, 0.2) is 0 Å². The molecule has 0 aliphatic heterocycles. The van der Waals surface area contributed by atoms with Gasteiger partial charge < -0.3 is 15.8 Å². The van der Waals surface area contributed by atoms with Crippen LogP contribution in [0.1, 0.15) is 6.92 Å². The summed E-state index contributed by atoms with van der Waals surface area (Å²) in [5, 5.41) is 3.09. The molecule has 0 radical (unpaired) electrons. The summed E-state index contributed by atoms with van der Waals surface area (Å²) in [4.78, 5) is 8.05. The molecule has 0 fully saturated rings. The van der Waals surface area contributed by atoms with Crippen LogP contribution >= 0.6 is 0 Å². The molecule has 1 aromatic rings. The molecule has 1 unspecified atom stereocenters. The maximum atomic E-state index is 5.51. The molecule has 0 aliphatic rings. The van der Waals surface area contributed by atoms with E-state index >= 15 is 0 Å². The van der Waals surface area contributed by atoms with Crippen LogP contribution in [0.5, 0.6) is 0 Å². The summed E-state index contributed by atoms with van der Waals surface area (Å²) in [5.41, 5.74) is 5.51.